The molecule has 2 aromatic heterocycles. The van der Waals surface area contributed by atoms with Gasteiger partial charge in [0, 0.05) is 24.3 Å². The van der Waals surface area contributed by atoms with Gasteiger partial charge in [-0.2, -0.15) is 0 Å². The summed E-state index contributed by atoms with van der Waals surface area (Å²) in [4.78, 5) is 24.0. The Morgan fingerprint density at radius 1 is 1.14 bits per heavy atom. The lowest BCUT2D eigenvalue weighted by Crippen LogP contribution is -2.31. The van der Waals surface area contributed by atoms with Crippen LogP contribution in [0.3, 0.4) is 0 Å². The number of hydrogen-bond donors (Lipinski definition) is 3. The molecule has 0 spiro atoms. The number of aromatic hydroxyl groups is 1. The number of carbonyl (C=O) groups excluding carboxylic acids is 1. The Kier molecular flexibility index (Phi) is 8.94. The molecule has 0 radical (unpaired) electrons. The molecule has 2 heterocycles. The molecule has 0 bridgehead atoms. The Balaban J connectivity index is 0.00000342. The zero-order valence-electron chi connectivity index (χ0n) is 19.2. The van der Waals surface area contributed by atoms with Crippen LogP contribution in [0.2, 0.25) is 10.0 Å². The van der Waals surface area contributed by atoms with Crippen LogP contribution < -0.4 is 5.32 Å². The van der Waals surface area contributed by atoms with Crippen molar-refractivity contribution in [2.75, 3.05) is 32.6 Å². The predicted octanol–water partition coefficient (Wildman–Crippen LogP) is 5.65. The van der Waals surface area contributed by atoms with E-state index < -0.39 is 12.4 Å². The Hall–Kier alpha value is -2.45. The van der Waals surface area contributed by atoms with E-state index in [9.17, 15) is 15.0 Å². The standard InChI is InChI=1S/C25H28Cl2N4O3.CH4/c1-31(2)12-14-3-5-16(6-4-14)29-23-17(22(33)13-32)11-28-21-8-7-20(30-24(21)23)15-9-18(26)25(34)19(27)10-15;/h7-11,14,16,32,34H,3-6,12-13H2,1-2H3,(H,28,29);1H4. The zero-order chi connectivity index (χ0) is 24.4. The molecule has 3 N–H and O–H groups in total. The maximum atomic E-state index is 12.5. The fourth-order valence-corrected chi connectivity index (χ4v) is 5.08. The summed E-state index contributed by atoms with van der Waals surface area (Å²) in [5.41, 5.74) is 3.26. The number of nitrogens with zero attached hydrogens (tertiary/aromatic N) is 3. The number of ketones is 1. The number of fused-ring (bicyclic) bond motifs is 1. The van der Waals surface area contributed by atoms with Crippen LogP contribution in [-0.4, -0.2) is 64.2 Å². The van der Waals surface area contributed by atoms with Gasteiger partial charge in [0.25, 0.3) is 0 Å². The number of benzene rings is 1. The van der Waals surface area contributed by atoms with Gasteiger partial charge < -0.3 is 20.4 Å². The van der Waals surface area contributed by atoms with E-state index in [0.29, 0.717) is 39.5 Å². The van der Waals surface area contributed by atoms with Gasteiger partial charge in [-0.3, -0.25) is 9.78 Å². The van der Waals surface area contributed by atoms with Gasteiger partial charge in [-0.25, -0.2) is 4.98 Å². The van der Waals surface area contributed by atoms with Crippen LogP contribution in [0.15, 0.2) is 30.5 Å². The first kappa shape index (κ1) is 27.1. The van der Waals surface area contributed by atoms with Gasteiger partial charge in [0.2, 0.25) is 0 Å². The van der Waals surface area contributed by atoms with Crippen molar-refractivity contribution in [3.05, 3.63) is 46.1 Å². The van der Waals surface area contributed by atoms with Gasteiger partial charge >= 0.3 is 0 Å². The molecule has 1 fully saturated rings. The van der Waals surface area contributed by atoms with Crippen molar-refractivity contribution in [3.8, 4) is 17.0 Å². The molecule has 3 aromatic rings. The van der Waals surface area contributed by atoms with E-state index in [-0.39, 0.29) is 29.3 Å². The third-order valence-corrected chi connectivity index (χ3v) is 6.86. The average Bonchev–Trinajstić information content (AvgIpc) is 2.82. The number of pyridine rings is 2. The smallest absolute Gasteiger partial charge is 0.191 e. The van der Waals surface area contributed by atoms with Crippen molar-refractivity contribution in [1.82, 2.24) is 14.9 Å². The van der Waals surface area contributed by atoms with Crippen molar-refractivity contribution in [2.24, 2.45) is 5.92 Å². The minimum absolute atomic E-state index is 0. The number of aliphatic hydroxyl groups excluding tert-OH is 1. The van der Waals surface area contributed by atoms with E-state index in [0.717, 1.165) is 32.2 Å². The number of phenols is 1. The fraction of sp³-hybridized carbons (Fsp3) is 0.423. The number of halogens is 2. The van der Waals surface area contributed by atoms with Crippen molar-refractivity contribution < 1.29 is 15.0 Å². The van der Waals surface area contributed by atoms with Crippen LogP contribution in [0.4, 0.5) is 5.69 Å². The van der Waals surface area contributed by atoms with E-state index in [4.69, 9.17) is 28.2 Å². The zero-order valence-corrected chi connectivity index (χ0v) is 20.7. The van der Waals surface area contributed by atoms with Crippen molar-refractivity contribution in [1.29, 1.82) is 0 Å². The predicted molar refractivity (Wildman–Crippen MR) is 143 cm³/mol. The van der Waals surface area contributed by atoms with Gasteiger partial charge in [0.05, 0.1) is 32.5 Å². The maximum absolute atomic E-state index is 12.5. The number of rotatable bonds is 7. The quantitative estimate of drug-likeness (QED) is 0.347. The fourth-order valence-electron chi connectivity index (χ4n) is 4.59. The highest BCUT2D eigenvalue weighted by molar-refractivity contribution is 6.37. The lowest BCUT2D eigenvalue weighted by Gasteiger charge is -2.31. The van der Waals surface area contributed by atoms with Gasteiger partial charge in [-0.1, -0.05) is 30.6 Å². The molecule has 188 valence electrons. The van der Waals surface area contributed by atoms with Crippen LogP contribution in [0, 0.1) is 5.92 Å². The first-order valence-corrected chi connectivity index (χ1v) is 12.1. The molecule has 9 heteroatoms. The first-order valence-electron chi connectivity index (χ1n) is 11.3. The summed E-state index contributed by atoms with van der Waals surface area (Å²) >= 11 is 12.2. The van der Waals surface area contributed by atoms with Gasteiger partial charge in [0.15, 0.2) is 11.5 Å². The van der Waals surface area contributed by atoms with E-state index in [1.165, 1.54) is 6.20 Å². The van der Waals surface area contributed by atoms with Crippen LogP contribution >= 0.6 is 23.2 Å². The molecule has 0 aliphatic heterocycles. The molecule has 1 aliphatic rings. The molecule has 7 nitrogen and oxygen atoms in total. The van der Waals surface area contributed by atoms with Crippen molar-refractivity contribution >= 4 is 45.7 Å². The number of aromatic nitrogens is 2. The minimum atomic E-state index is -0.611. The summed E-state index contributed by atoms with van der Waals surface area (Å²) in [6.45, 7) is 0.460. The number of phenolic OH excluding ortho intramolecular Hbond substituents is 1. The first-order chi connectivity index (χ1) is 16.3. The molecule has 1 saturated carbocycles. The molecule has 0 saturated heterocycles. The molecule has 0 amide bonds. The molecule has 0 atom stereocenters. The Bertz CT molecular complexity index is 1190. The SMILES string of the molecule is C.CN(C)CC1CCC(Nc2c(C(=O)CO)cnc3ccc(-c4cc(Cl)c(O)c(Cl)c4)nc23)CC1. The summed E-state index contributed by atoms with van der Waals surface area (Å²) < 4.78 is 0. The highest BCUT2D eigenvalue weighted by Gasteiger charge is 2.25. The van der Waals surface area contributed by atoms with E-state index in [1.54, 1.807) is 18.2 Å². The topological polar surface area (TPSA) is 98.6 Å². The van der Waals surface area contributed by atoms with E-state index in [2.05, 4.69) is 29.3 Å². The van der Waals surface area contributed by atoms with E-state index >= 15 is 0 Å². The van der Waals surface area contributed by atoms with E-state index in [1.807, 2.05) is 6.07 Å². The van der Waals surface area contributed by atoms with Crippen LogP contribution in [0.5, 0.6) is 5.75 Å². The Labute approximate surface area is 216 Å². The number of nitrogens with one attached hydrogen (secondary N) is 1. The lowest BCUT2D eigenvalue weighted by atomic mass is 9.85. The second-order valence-corrected chi connectivity index (χ2v) is 9.92. The molecule has 4 rings (SSSR count). The number of hydrogen-bond acceptors (Lipinski definition) is 7. The van der Waals surface area contributed by atoms with Crippen LogP contribution in [0.1, 0.15) is 43.5 Å². The summed E-state index contributed by atoms with van der Waals surface area (Å²) in [6, 6.07) is 6.98. The van der Waals surface area contributed by atoms with Crippen LogP contribution in [0.25, 0.3) is 22.3 Å². The summed E-state index contributed by atoms with van der Waals surface area (Å²) in [7, 11) is 4.19. The Morgan fingerprint density at radius 2 is 1.80 bits per heavy atom. The van der Waals surface area contributed by atoms with Crippen molar-refractivity contribution in [3.63, 3.8) is 0 Å². The molecule has 35 heavy (non-hydrogen) atoms. The number of carbonyl (C=O) groups is 1. The second-order valence-electron chi connectivity index (χ2n) is 9.11. The monoisotopic (exact) mass is 518 g/mol. The number of anilines is 1. The third-order valence-electron chi connectivity index (χ3n) is 6.29. The number of aliphatic hydroxyl groups is 1. The molecule has 1 aromatic carbocycles. The summed E-state index contributed by atoms with van der Waals surface area (Å²) in [5, 5.41) is 23.2. The summed E-state index contributed by atoms with van der Waals surface area (Å²) in [5.74, 6) is 0.0632. The van der Waals surface area contributed by atoms with Gasteiger partial charge in [-0.15, -0.1) is 0 Å². The number of Topliss-reactive ketones (excluding diaryl/α,β-unsaturated/α-hetero) is 1. The average molecular weight is 519 g/mol. The van der Waals surface area contributed by atoms with Crippen molar-refractivity contribution in [2.45, 2.75) is 39.2 Å². The molecular weight excluding hydrogens is 487 g/mol. The van der Waals surface area contributed by atoms with Gasteiger partial charge in [-0.05, 0) is 70.0 Å². The van der Waals surface area contributed by atoms with Crippen LogP contribution in [-0.2, 0) is 0 Å². The van der Waals surface area contributed by atoms with Gasteiger partial charge in [0.1, 0.15) is 12.1 Å². The third kappa shape index (κ3) is 6.04. The Morgan fingerprint density at radius 3 is 2.40 bits per heavy atom. The second kappa shape index (κ2) is 11.5. The molecular formula is C26H32Cl2N4O3. The lowest BCUT2D eigenvalue weighted by molar-refractivity contribution is 0.0904. The molecule has 1 aliphatic carbocycles. The summed E-state index contributed by atoms with van der Waals surface area (Å²) in [6.07, 6.45) is 5.67. The largest absolute Gasteiger partial charge is 0.505 e. The highest BCUT2D eigenvalue weighted by atomic mass is 35.5. The highest BCUT2D eigenvalue weighted by Crippen LogP contribution is 2.37. The minimum Gasteiger partial charge on any atom is -0.505 e. The maximum Gasteiger partial charge on any atom is 0.191 e. The normalized spacial score (nSPS) is 17.9. The molecule has 0 unspecified atom stereocenters.